The van der Waals surface area contributed by atoms with Crippen molar-refractivity contribution < 1.29 is 9.53 Å². The molecule has 0 radical (unpaired) electrons. The van der Waals surface area contributed by atoms with Crippen molar-refractivity contribution in [3.63, 3.8) is 0 Å². The van der Waals surface area contributed by atoms with Crippen molar-refractivity contribution in [2.45, 2.75) is 44.6 Å². The average Bonchev–Trinajstić information content (AvgIpc) is 3.27. The van der Waals surface area contributed by atoms with Gasteiger partial charge in [-0.3, -0.25) is 4.79 Å². The Labute approximate surface area is 154 Å². The van der Waals surface area contributed by atoms with Gasteiger partial charge in [0, 0.05) is 57.4 Å². The largest absolute Gasteiger partial charge is 0.381 e. The van der Waals surface area contributed by atoms with Crippen LogP contribution in [0.5, 0.6) is 0 Å². The molecule has 0 bridgehead atoms. The molecular formula is C20H28N4O2. The predicted molar refractivity (Wildman–Crippen MR) is 99.3 cm³/mol. The third kappa shape index (κ3) is 3.18. The van der Waals surface area contributed by atoms with Crippen molar-refractivity contribution >= 4 is 5.91 Å². The molecule has 2 aromatic heterocycles. The van der Waals surface area contributed by atoms with E-state index in [1.54, 1.807) is 0 Å². The molecule has 2 aromatic rings. The number of hydrogen-bond acceptors (Lipinski definition) is 3. The van der Waals surface area contributed by atoms with Crippen LogP contribution in [0.4, 0.5) is 0 Å². The van der Waals surface area contributed by atoms with Crippen LogP contribution < -0.4 is 0 Å². The molecule has 0 N–H and O–H groups in total. The lowest BCUT2D eigenvalue weighted by molar-refractivity contribution is 0.0657. The Morgan fingerprint density at radius 2 is 2.08 bits per heavy atom. The minimum absolute atomic E-state index is 0.132. The summed E-state index contributed by atoms with van der Waals surface area (Å²) in [7, 11) is 1.93. The van der Waals surface area contributed by atoms with Gasteiger partial charge in [0.05, 0.1) is 6.04 Å². The number of likely N-dealkylation sites (tertiary alicyclic amines) is 1. The summed E-state index contributed by atoms with van der Waals surface area (Å²) in [5.74, 6) is 1.79. The van der Waals surface area contributed by atoms with E-state index in [2.05, 4.69) is 11.5 Å². The van der Waals surface area contributed by atoms with Crippen LogP contribution in [0.2, 0.25) is 0 Å². The number of carbonyl (C=O) groups excluding carboxylic acids is 1. The molecule has 2 aliphatic rings. The number of nitrogens with zero attached hydrogens (tertiary/aromatic N) is 4. The number of aromatic nitrogens is 3. The fourth-order valence-corrected chi connectivity index (χ4v) is 4.39. The smallest absolute Gasteiger partial charge is 0.270 e. The van der Waals surface area contributed by atoms with Crippen molar-refractivity contribution in [3.8, 4) is 0 Å². The van der Waals surface area contributed by atoms with Crippen molar-refractivity contribution in [1.82, 2.24) is 19.0 Å². The lowest BCUT2D eigenvalue weighted by Gasteiger charge is -2.36. The Kier molecular flexibility index (Phi) is 4.85. The van der Waals surface area contributed by atoms with Crippen LogP contribution in [-0.4, -0.2) is 51.2 Å². The minimum Gasteiger partial charge on any atom is -0.381 e. The van der Waals surface area contributed by atoms with Crippen LogP contribution in [0.25, 0.3) is 0 Å². The molecule has 0 aromatic carbocycles. The zero-order valence-electron chi connectivity index (χ0n) is 15.7. The average molecular weight is 356 g/mol. The molecule has 1 atom stereocenters. The number of ether oxygens (including phenoxy) is 1. The van der Waals surface area contributed by atoms with Gasteiger partial charge in [-0.2, -0.15) is 0 Å². The Morgan fingerprint density at radius 1 is 1.27 bits per heavy atom. The maximum absolute atomic E-state index is 12.9. The molecule has 2 aliphatic heterocycles. The van der Waals surface area contributed by atoms with Gasteiger partial charge < -0.3 is 18.8 Å². The van der Waals surface area contributed by atoms with E-state index in [9.17, 15) is 4.79 Å². The van der Waals surface area contributed by atoms with Gasteiger partial charge in [-0.1, -0.05) is 0 Å². The van der Waals surface area contributed by atoms with E-state index in [1.165, 1.54) is 11.5 Å². The summed E-state index contributed by atoms with van der Waals surface area (Å²) in [5, 5.41) is 0. The van der Waals surface area contributed by atoms with Crippen molar-refractivity contribution in [1.29, 1.82) is 0 Å². The predicted octanol–water partition coefficient (Wildman–Crippen LogP) is 2.90. The number of carbonyl (C=O) groups is 1. The zero-order valence-corrected chi connectivity index (χ0v) is 15.7. The number of piperidine rings is 1. The number of rotatable bonds is 3. The first-order chi connectivity index (χ1) is 12.6. The third-order valence-electron chi connectivity index (χ3n) is 5.81. The van der Waals surface area contributed by atoms with Crippen LogP contribution in [0.15, 0.2) is 24.5 Å². The van der Waals surface area contributed by atoms with Crippen molar-refractivity contribution in [2.24, 2.45) is 7.05 Å². The van der Waals surface area contributed by atoms with Gasteiger partial charge in [0.25, 0.3) is 5.91 Å². The van der Waals surface area contributed by atoms with E-state index in [0.29, 0.717) is 12.0 Å². The van der Waals surface area contributed by atoms with Gasteiger partial charge in [-0.05, 0) is 44.7 Å². The number of aryl methyl sites for hydroxylation is 2. The SMILES string of the molecule is Cc1cnc(C2CCOCC2)n1C1CCCN(C(=O)c2cccn2C)C1. The summed E-state index contributed by atoms with van der Waals surface area (Å²) in [4.78, 5) is 19.7. The lowest BCUT2D eigenvalue weighted by atomic mass is 9.97. The summed E-state index contributed by atoms with van der Waals surface area (Å²) in [6, 6.07) is 4.15. The van der Waals surface area contributed by atoms with E-state index in [-0.39, 0.29) is 5.91 Å². The molecule has 0 spiro atoms. The first-order valence-electron chi connectivity index (χ1n) is 9.67. The topological polar surface area (TPSA) is 52.3 Å². The summed E-state index contributed by atoms with van der Waals surface area (Å²) in [5.41, 5.74) is 1.96. The quantitative estimate of drug-likeness (QED) is 0.850. The van der Waals surface area contributed by atoms with Gasteiger partial charge in [0.15, 0.2) is 0 Å². The molecule has 0 saturated carbocycles. The second-order valence-corrected chi connectivity index (χ2v) is 7.57. The summed E-state index contributed by atoms with van der Waals surface area (Å²) < 4.78 is 9.83. The van der Waals surface area contributed by atoms with Gasteiger partial charge in [0.2, 0.25) is 0 Å². The molecule has 0 aliphatic carbocycles. The summed E-state index contributed by atoms with van der Waals surface area (Å²) in [6.07, 6.45) is 8.13. The first-order valence-corrected chi connectivity index (χ1v) is 9.67. The highest BCUT2D eigenvalue weighted by Gasteiger charge is 2.30. The van der Waals surface area contributed by atoms with Crippen molar-refractivity contribution in [2.75, 3.05) is 26.3 Å². The van der Waals surface area contributed by atoms with E-state index < -0.39 is 0 Å². The van der Waals surface area contributed by atoms with Crippen LogP contribution >= 0.6 is 0 Å². The van der Waals surface area contributed by atoms with Crippen LogP contribution in [0.3, 0.4) is 0 Å². The minimum atomic E-state index is 0.132. The van der Waals surface area contributed by atoms with E-state index >= 15 is 0 Å². The molecular weight excluding hydrogens is 328 g/mol. The van der Waals surface area contributed by atoms with Crippen LogP contribution in [0.1, 0.15) is 59.6 Å². The van der Waals surface area contributed by atoms with E-state index in [4.69, 9.17) is 9.72 Å². The molecule has 6 nitrogen and oxygen atoms in total. The van der Waals surface area contributed by atoms with Gasteiger partial charge in [-0.25, -0.2) is 4.98 Å². The lowest BCUT2D eigenvalue weighted by Crippen LogP contribution is -2.42. The maximum atomic E-state index is 12.9. The van der Waals surface area contributed by atoms with E-state index in [0.717, 1.165) is 57.7 Å². The fourth-order valence-electron chi connectivity index (χ4n) is 4.39. The van der Waals surface area contributed by atoms with Gasteiger partial charge >= 0.3 is 0 Å². The maximum Gasteiger partial charge on any atom is 0.270 e. The first kappa shape index (κ1) is 17.3. The Hall–Kier alpha value is -2.08. The van der Waals surface area contributed by atoms with Crippen LogP contribution in [0, 0.1) is 6.92 Å². The summed E-state index contributed by atoms with van der Waals surface area (Å²) >= 11 is 0. The van der Waals surface area contributed by atoms with Gasteiger partial charge in [0.1, 0.15) is 11.5 Å². The Bertz CT molecular complexity index is 773. The number of hydrogen-bond donors (Lipinski definition) is 0. The fraction of sp³-hybridized carbons (Fsp3) is 0.600. The zero-order chi connectivity index (χ0) is 18.1. The monoisotopic (exact) mass is 356 g/mol. The molecule has 6 heteroatoms. The second kappa shape index (κ2) is 7.27. The molecule has 1 amide bonds. The Balaban J connectivity index is 1.56. The van der Waals surface area contributed by atoms with Crippen molar-refractivity contribution in [3.05, 3.63) is 41.7 Å². The normalized spacial score (nSPS) is 21.9. The third-order valence-corrected chi connectivity index (χ3v) is 5.81. The van der Waals surface area contributed by atoms with Crippen LogP contribution in [-0.2, 0) is 11.8 Å². The molecule has 140 valence electrons. The number of imidazole rings is 1. The molecule has 2 saturated heterocycles. The molecule has 2 fully saturated rings. The highest BCUT2D eigenvalue weighted by molar-refractivity contribution is 5.92. The highest BCUT2D eigenvalue weighted by Crippen LogP contribution is 2.32. The molecule has 4 heterocycles. The number of amides is 1. The molecule has 1 unspecified atom stereocenters. The molecule has 4 rings (SSSR count). The van der Waals surface area contributed by atoms with E-state index in [1.807, 2.05) is 41.0 Å². The summed E-state index contributed by atoms with van der Waals surface area (Å²) in [6.45, 7) is 5.37. The highest BCUT2D eigenvalue weighted by atomic mass is 16.5. The Morgan fingerprint density at radius 3 is 2.81 bits per heavy atom. The second-order valence-electron chi connectivity index (χ2n) is 7.57. The van der Waals surface area contributed by atoms with Gasteiger partial charge in [-0.15, -0.1) is 0 Å². The molecule has 26 heavy (non-hydrogen) atoms. The standard InChI is InChI=1S/C20H28N4O2/c1-15-13-21-19(16-7-11-26-12-8-16)24(15)17-5-3-10-23(14-17)20(25)18-6-4-9-22(18)2/h4,6,9,13,16-17H,3,5,7-8,10-12,14H2,1-2H3.